The lowest BCUT2D eigenvalue weighted by Gasteiger charge is -2.24. The van der Waals surface area contributed by atoms with Crippen molar-refractivity contribution in [2.75, 3.05) is 45.7 Å². The van der Waals surface area contributed by atoms with Gasteiger partial charge in [-0.15, -0.1) is 0 Å². The molecule has 0 aromatic carbocycles. The molecule has 0 aliphatic heterocycles. The van der Waals surface area contributed by atoms with E-state index in [1.165, 1.54) is 12.5 Å². The maximum Gasteiger partial charge on any atom is 0.326 e. The third-order valence-electron chi connectivity index (χ3n) is 4.83. The number of nitrogens with zero attached hydrogens (tertiary/aromatic N) is 2. The number of aryl methyl sites for hydroxylation is 2. The number of pyridine rings is 1. The number of hydrogen-bond donors (Lipinski definition) is 3. The van der Waals surface area contributed by atoms with Crippen LogP contribution in [-0.2, 0) is 27.2 Å². The predicted molar refractivity (Wildman–Crippen MR) is 114 cm³/mol. The average Bonchev–Trinajstić information content (AvgIpc) is 2.70. The van der Waals surface area contributed by atoms with E-state index in [-0.39, 0.29) is 5.91 Å². The number of anilines is 1. The lowest BCUT2D eigenvalue weighted by atomic mass is 10.1. The molecule has 1 unspecified atom stereocenters. The summed E-state index contributed by atoms with van der Waals surface area (Å²) >= 11 is 0. The monoisotopic (exact) mass is 408 g/mol. The Morgan fingerprint density at radius 1 is 1.24 bits per heavy atom. The first-order valence-electron chi connectivity index (χ1n) is 10.3. The van der Waals surface area contributed by atoms with Gasteiger partial charge in [-0.1, -0.05) is 13.0 Å². The lowest BCUT2D eigenvalue weighted by Crippen LogP contribution is -2.42. The van der Waals surface area contributed by atoms with Crippen molar-refractivity contribution in [3.63, 3.8) is 0 Å². The molecule has 3 N–H and O–H groups in total. The van der Waals surface area contributed by atoms with Crippen molar-refractivity contribution in [2.24, 2.45) is 0 Å². The van der Waals surface area contributed by atoms with Gasteiger partial charge in [0.15, 0.2) is 0 Å². The van der Waals surface area contributed by atoms with Gasteiger partial charge in [-0.25, -0.2) is 9.78 Å². The molecule has 0 saturated heterocycles. The number of aromatic nitrogens is 1. The second-order valence-corrected chi connectivity index (χ2v) is 7.09. The van der Waals surface area contributed by atoms with Crippen LogP contribution in [0.5, 0.6) is 0 Å². The van der Waals surface area contributed by atoms with E-state index in [4.69, 9.17) is 4.74 Å². The molecule has 0 bridgehead atoms. The van der Waals surface area contributed by atoms with Crippen LogP contribution in [0.4, 0.5) is 5.82 Å². The molecule has 1 rings (SSSR count). The minimum atomic E-state index is -1.01. The highest BCUT2D eigenvalue weighted by Gasteiger charge is 2.19. The van der Waals surface area contributed by atoms with E-state index in [2.05, 4.69) is 39.6 Å². The number of carbonyl (C=O) groups excluding carboxylic acids is 1. The van der Waals surface area contributed by atoms with Gasteiger partial charge in [-0.05, 0) is 50.3 Å². The molecule has 0 saturated carbocycles. The fourth-order valence-corrected chi connectivity index (χ4v) is 3.18. The van der Waals surface area contributed by atoms with Crippen molar-refractivity contribution in [2.45, 2.75) is 52.0 Å². The van der Waals surface area contributed by atoms with Gasteiger partial charge in [0.2, 0.25) is 5.91 Å². The zero-order chi connectivity index (χ0) is 21.6. The summed E-state index contributed by atoms with van der Waals surface area (Å²) in [6, 6.07) is 3.36. The topological polar surface area (TPSA) is 104 Å². The first-order valence-corrected chi connectivity index (χ1v) is 10.3. The summed E-state index contributed by atoms with van der Waals surface area (Å²) in [5.41, 5.74) is 2.29. The molecule has 1 aromatic rings. The molecule has 1 atom stereocenters. The van der Waals surface area contributed by atoms with Crippen molar-refractivity contribution in [3.05, 3.63) is 23.4 Å². The number of aliphatic carboxylic acids is 1. The van der Waals surface area contributed by atoms with Crippen LogP contribution >= 0.6 is 0 Å². The van der Waals surface area contributed by atoms with Crippen molar-refractivity contribution < 1.29 is 19.4 Å². The number of nitrogens with one attached hydrogen (secondary N) is 2. The van der Waals surface area contributed by atoms with Crippen LogP contribution in [0, 0.1) is 0 Å². The van der Waals surface area contributed by atoms with Crippen LogP contribution in [0.1, 0.15) is 44.4 Å². The number of unbranched alkanes of at least 4 members (excludes halogenated alkanes) is 1. The molecule has 8 heteroatoms. The van der Waals surface area contributed by atoms with Crippen molar-refractivity contribution in [1.29, 1.82) is 0 Å². The Morgan fingerprint density at radius 3 is 2.59 bits per heavy atom. The number of ether oxygens (including phenoxy) is 1. The number of methoxy groups -OCH3 is 1. The van der Waals surface area contributed by atoms with Gasteiger partial charge in [0.1, 0.15) is 11.9 Å². The highest BCUT2D eigenvalue weighted by Crippen LogP contribution is 2.15. The van der Waals surface area contributed by atoms with Gasteiger partial charge in [0, 0.05) is 39.9 Å². The summed E-state index contributed by atoms with van der Waals surface area (Å²) in [5, 5.41) is 14.9. The second kappa shape index (κ2) is 13.9. The third-order valence-corrected chi connectivity index (χ3v) is 4.83. The molecule has 8 nitrogen and oxygen atoms in total. The maximum absolute atomic E-state index is 11.3. The molecule has 0 aliphatic rings. The van der Waals surface area contributed by atoms with E-state index < -0.39 is 12.0 Å². The van der Waals surface area contributed by atoms with Gasteiger partial charge in [0.05, 0.1) is 6.61 Å². The SMILES string of the molecule is CCc1ccc(CCCCN(CCOC)CCC(NC(C)=O)C(=O)O)nc1NC. The Labute approximate surface area is 174 Å². The number of carbonyl (C=O) groups is 2. The fourth-order valence-electron chi connectivity index (χ4n) is 3.18. The number of hydrogen-bond acceptors (Lipinski definition) is 6. The summed E-state index contributed by atoms with van der Waals surface area (Å²) < 4.78 is 5.17. The Hall–Kier alpha value is -2.19. The van der Waals surface area contributed by atoms with Gasteiger partial charge >= 0.3 is 5.97 Å². The fraction of sp³-hybridized carbons (Fsp3) is 0.667. The molecule has 0 radical (unpaired) electrons. The summed E-state index contributed by atoms with van der Waals surface area (Å²) in [5.74, 6) is -0.387. The molecule has 1 aromatic heterocycles. The van der Waals surface area contributed by atoms with Crippen molar-refractivity contribution >= 4 is 17.7 Å². The molecular weight excluding hydrogens is 372 g/mol. The minimum absolute atomic E-state index is 0.330. The van der Waals surface area contributed by atoms with Crippen LogP contribution in [0.3, 0.4) is 0 Å². The summed E-state index contributed by atoms with van der Waals surface area (Å²) in [4.78, 5) is 29.4. The van der Waals surface area contributed by atoms with Crippen LogP contribution in [0.25, 0.3) is 0 Å². The maximum atomic E-state index is 11.3. The van der Waals surface area contributed by atoms with Gasteiger partial charge < -0.3 is 25.4 Å². The van der Waals surface area contributed by atoms with Gasteiger partial charge in [0.25, 0.3) is 0 Å². The summed E-state index contributed by atoms with van der Waals surface area (Å²) in [7, 11) is 3.55. The van der Waals surface area contributed by atoms with Crippen molar-refractivity contribution in [1.82, 2.24) is 15.2 Å². The van der Waals surface area contributed by atoms with Gasteiger partial charge in [-0.3, -0.25) is 4.79 Å². The van der Waals surface area contributed by atoms with Gasteiger partial charge in [-0.2, -0.15) is 0 Å². The Kier molecular flexibility index (Phi) is 11.9. The third kappa shape index (κ3) is 9.71. The Balaban J connectivity index is 2.50. The van der Waals surface area contributed by atoms with E-state index in [1.807, 2.05) is 7.05 Å². The Bertz CT molecular complexity index is 639. The van der Waals surface area contributed by atoms with E-state index in [1.54, 1.807) is 7.11 Å². The zero-order valence-corrected chi connectivity index (χ0v) is 18.2. The normalized spacial score (nSPS) is 12.0. The van der Waals surface area contributed by atoms with Crippen LogP contribution < -0.4 is 10.6 Å². The quantitative estimate of drug-likeness (QED) is 0.381. The van der Waals surface area contributed by atoms with E-state index in [0.717, 1.165) is 50.3 Å². The largest absolute Gasteiger partial charge is 0.480 e. The molecule has 29 heavy (non-hydrogen) atoms. The standard InChI is InChI=1S/C21H36N4O4/c1-5-17-9-10-18(24-20(17)22-3)8-6-7-12-25(14-15-29-4)13-11-19(21(27)28)23-16(2)26/h9-10,19H,5-8,11-15H2,1-4H3,(H,22,24)(H,23,26)(H,27,28). The van der Waals surface area contributed by atoms with Crippen molar-refractivity contribution in [3.8, 4) is 0 Å². The van der Waals surface area contributed by atoms with Crippen LogP contribution in [0.2, 0.25) is 0 Å². The van der Waals surface area contributed by atoms with Crippen LogP contribution in [-0.4, -0.2) is 73.3 Å². The van der Waals surface area contributed by atoms with E-state index in [0.29, 0.717) is 19.6 Å². The average molecular weight is 409 g/mol. The van der Waals surface area contributed by atoms with E-state index >= 15 is 0 Å². The molecule has 0 fully saturated rings. The predicted octanol–water partition coefficient (Wildman–Crippen LogP) is 1.94. The number of carboxylic acid groups (broad SMARTS) is 1. The first kappa shape index (κ1) is 24.8. The Morgan fingerprint density at radius 2 is 2.00 bits per heavy atom. The number of rotatable bonds is 15. The minimum Gasteiger partial charge on any atom is -0.480 e. The zero-order valence-electron chi connectivity index (χ0n) is 18.2. The van der Waals surface area contributed by atoms with Crippen LogP contribution in [0.15, 0.2) is 12.1 Å². The van der Waals surface area contributed by atoms with E-state index in [9.17, 15) is 14.7 Å². The molecule has 0 spiro atoms. The molecule has 164 valence electrons. The number of amides is 1. The lowest BCUT2D eigenvalue weighted by molar-refractivity contribution is -0.141. The second-order valence-electron chi connectivity index (χ2n) is 7.09. The first-order chi connectivity index (χ1) is 13.9. The summed E-state index contributed by atoms with van der Waals surface area (Å²) in [6.45, 7) is 6.21. The highest BCUT2D eigenvalue weighted by atomic mass is 16.5. The number of carboxylic acids is 1. The highest BCUT2D eigenvalue weighted by molar-refractivity contribution is 5.81. The smallest absolute Gasteiger partial charge is 0.326 e. The summed E-state index contributed by atoms with van der Waals surface area (Å²) in [6.07, 6.45) is 4.20. The molecular formula is C21H36N4O4. The molecule has 1 heterocycles. The molecule has 1 amide bonds. The molecule has 0 aliphatic carbocycles.